The minimum atomic E-state index is -3.05. The predicted octanol–water partition coefficient (Wildman–Crippen LogP) is 3.42. The SMILES string of the molecule is Cc1c(CN2CC(C(=O)O)CC(F)(F)C2)oc2ccc(F)cc12. The van der Waals surface area contributed by atoms with Crippen LogP contribution >= 0.6 is 0 Å². The standard InChI is InChI=1S/C16H16F3NO3/c1-9-12-4-11(17)2-3-13(12)23-14(9)7-20-6-10(15(21)22)5-16(18,19)8-20/h2-4,10H,5-8H2,1H3,(H,21,22). The number of carbonyl (C=O) groups is 1. The quantitative estimate of drug-likeness (QED) is 0.938. The summed E-state index contributed by atoms with van der Waals surface area (Å²) in [6.07, 6.45) is -0.650. The Balaban J connectivity index is 1.86. The van der Waals surface area contributed by atoms with Gasteiger partial charge in [-0.25, -0.2) is 13.2 Å². The van der Waals surface area contributed by atoms with E-state index in [1.807, 2.05) is 0 Å². The lowest BCUT2D eigenvalue weighted by Crippen LogP contribution is -2.48. The van der Waals surface area contributed by atoms with Gasteiger partial charge in [0.25, 0.3) is 5.92 Å². The van der Waals surface area contributed by atoms with Crippen molar-refractivity contribution in [2.45, 2.75) is 25.8 Å². The van der Waals surface area contributed by atoms with Gasteiger partial charge in [0.1, 0.15) is 17.2 Å². The van der Waals surface area contributed by atoms with E-state index in [-0.39, 0.29) is 13.1 Å². The molecule has 1 aliphatic heterocycles. The van der Waals surface area contributed by atoms with Crippen molar-refractivity contribution in [3.8, 4) is 0 Å². The molecule has 7 heteroatoms. The molecule has 0 spiro atoms. The Kier molecular flexibility index (Phi) is 3.83. The second-order valence-corrected chi connectivity index (χ2v) is 6.06. The summed E-state index contributed by atoms with van der Waals surface area (Å²) >= 11 is 0. The number of nitrogens with zero attached hydrogens (tertiary/aromatic N) is 1. The largest absolute Gasteiger partial charge is 0.481 e. The number of fused-ring (bicyclic) bond motifs is 1. The van der Waals surface area contributed by atoms with E-state index >= 15 is 0 Å². The molecule has 2 heterocycles. The van der Waals surface area contributed by atoms with Gasteiger partial charge in [-0.3, -0.25) is 9.69 Å². The molecule has 1 aliphatic rings. The lowest BCUT2D eigenvalue weighted by Gasteiger charge is -2.35. The molecule has 0 aliphatic carbocycles. The Morgan fingerprint density at radius 3 is 2.91 bits per heavy atom. The fourth-order valence-corrected chi connectivity index (χ4v) is 3.08. The zero-order valence-corrected chi connectivity index (χ0v) is 12.5. The second-order valence-electron chi connectivity index (χ2n) is 6.06. The number of piperidine rings is 1. The van der Waals surface area contributed by atoms with Gasteiger partial charge in [0.05, 0.1) is 19.0 Å². The van der Waals surface area contributed by atoms with Gasteiger partial charge in [-0.15, -0.1) is 0 Å². The first-order chi connectivity index (χ1) is 10.7. The Bertz CT molecular complexity index is 756. The van der Waals surface area contributed by atoms with Crippen molar-refractivity contribution in [2.24, 2.45) is 5.92 Å². The van der Waals surface area contributed by atoms with Crippen molar-refractivity contribution < 1.29 is 27.5 Å². The summed E-state index contributed by atoms with van der Waals surface area (Å²) in [6.45, 7) is 1.33. The monoisotopic (exact) mass is 327 g/mol. The number of furan rings is 1. The van der Waals surface area contributed by atoms with Crippen molar-refractivity contribution in [3.63, 3.8) is 0 Å². The van der Waals surface area contributed by atoms with E-state index in [0.717, 1.165) is 0 Å². The van der Waals surface area contributed by atoms with Gasteiger partial charge >= 0.3 is 5.97 Å². The highest BCUT2D eigenvalue weighted by Crippen LogP contribution is 2.33. The average molecular weight is 327 g/mol. The number of likely N-dealkylation sites (tertiary alicyclic amines) is 1. The number of benzene rings is 1. The van der Waals surface area contributed by atoms with Crippen LogP contribution in [0.2, 0.25) is 0 Å². The normalized spacial score (nSPS) is 21.7. The third kappa shape index (κ3) is 3.19. The molecule has 124 valence electrons. The fraction of sp³-hybridized carbons (Fsp3) is 0.438. The zero-order chi connectivity index (χ0) is 16.8. The van der Waals surface area contributed by atoms with Crippen molar-refractivity contribution >= 4 is 16.9 Å². The maximum Gasteiger partial charge on any atom is 0.308 e. The summed E-state index contributed by atoms with van der Waals surface area (Å²) in [7, 11) is 0. The van der Waals surface area contributed by atoms with Crippen LogP contribution in [-0.2, 0) is 11.3 Å². The van der Waals surface area contributed by atoms with E-state index in [0.29, 0.717) is 22.3 Å². The van der Waals surface area contributed by atoms with Gasteiger partial charge in [-0.05, 0) is 30.7 Å². The van der Waals surface area contributed by atoms with Gasteiger partial charge in [0.15, 0.2) is 0 Å². The maximum absolute atomic E-state index is 13.7. The maximum atomic E-state index is 13.7. The summed E-state index contributed by atoms with van der Waals surface area (Å²) in [4.78, 5) is 12.4. The first-order valence-corrected chi connectivity index (χ1v) is 7.26. The minimum absolute atomic E-state index is 0.0375. The molecule has 0 amide bonds. The highest BCUT2D eigenvalue weighted by atomic mass is 19.3. The number of alkyl halides is 2. The number of hydrogen-bond acceptors (Lipinski definition) is 3. The van der Waals surface area contributed by atoms with E-state index in [1.165, 1.54) is 23.1 Å². The summed E-state index contributed by atoms with van der Waals surface area (Å²) in [6, 6.07) is 4.10. The Labute approximate surface area is 130 Å². The first-order valence-electron chi connectivity index (χ1n) is 7.26. The van der Waals surface area contributed by atoms with Crippen LogP contribution in [0.3, 0.4) is 0 Å². The molecule has 1 aromatic carbocycles. The molecule has 4 nitrogen and oxygen atoms in total. The van der Waals surface area contributed by atoms with Crippen LogP contribution in [0.25, 0.3) is 11.0 Å². The van der Waals surface area contributed by atoms with Gasteiger partial charge in [0.2, 0.25) is 0 Å². The zero-order valence-electron chi connectivity index (χ0n) is 12.5. The Morgan fingerprint density at radius 2 is 2.22 bits per heavy atom. The third-order valence-electron chi connectivity index (χ3n) is 4.19. The summed E-state index contributed by atoms with van der Waals surface area (Å²) in [5, 5.41) is 9.62. The number of carboxylic acids is 1. The fourth-order valence-electron chi connectivity index (χ4n) is 3.08. The predicted molar refractivity (Wildman–Crippen MR) is 76.9 cm³/mol. The number of rotatable bonds is 3. The molecule has 3 rings (SSSR count). The van der Waals surface area contributed by atoms with Crippen molar-refractivity contribution in [1.82, 2.24) is 4.90 Å². The molecule has 0 bridgehead atoms. The number of halogens is 3. The molecule has 1 unspecified atom stereocenters. The van der Waals surface area contributed by atoms with E-state index in [4.69, 9.17) is 9.52 Å². The molecule has 0 radical (unpaired) electrons. The van der Waals surface area contributed by atoms with Crippen LogP contribution < -0.4 is 0 Å². The molecule has 23 heavy (non-hydrogen) atoms. The summed E-state index contributed by atoms with van der Waals surface area (Å²) < 4.78 is 46.4. The number of hydrogen-bond donors (Lipinski definition) is 1. The van der Waals surface area contributed by atoms with Gasteiger partial charge in [-0.2, -0.15) is 0 Å². The van der Waals surface area contributed by atoms with Crippen LogP contribution in [0.1, 0.15) is 17.7 Å². The molecule has 0 saturated carbocycles. The van der Waals surface area contributed by atoms with Gasteiger partial charge < -0.3 is 9.52 Å². The van der Waals surface area contributed by atoms with Crippen LogP contribution in [0.4, 0.5) is 13.2 Å². The van der Waals surface area contributed by atoms with Crippen LogP contribution in [-0.4, -0.2) is 35.0 Å². The smallest absolute Gasteiger partial charge is 0.308 e. The first kappa shape index (κ1) is 15.9. The van der Waals surface area contributed by atoms with Crippen LogP contribution in [0.5, 0.6) is 0 Å². The van der Waals surface area contributed by atoms with E-state index in [2.05, 4.69) is 0 Å². The summed E-state index contributed by atoms with van der Waals surface area (Å²) in [5.74, 6) is -5.33. The highest BCUT2D eigenvalue weighted by Gasteiger charge is 2.43. The Morgan fingerprint density at radius 1 is 1.48 bits per heavy atom. The molecular formula is C16H16F3NO3. The molecule has 1 N–H and O–H groups in total. The molecule has 2 aromatic rings. The lowest BCUT2D eigenvalue weighted by molar-refractivity contribution is -0.153. The molecule has 1 fully saturated rings. The van der Waals surface area contributed by atoms with Gasteiger partial charge in [0, 0.05) is 18.4 Å². The number of aliphatic carboxylic acids is 1. The van der Waals surface area contributed by atoms with Crippen molar-refractivity contribution in [2.75, 3.05) is 13.1 Å². The Hall–Kier alpha value is -2.02. The van der Waals surface area contributed by atoms with E-state index in [9.17, 15) is 18.0 Å². The highest BCUT2D eigenvalue weighted by molar-refractivity contribution is 5.82. The average Bonchev–Trinajstić information content (AvgIpc) is 2.74. The number of carboxylic acid groups (broad SMARTS) is 1. The summed E-state index contributed by atoms with van der Waals surface area (Å²) in [5.41, 5.74) is 1.16. The van der Waals surface area contributed by atoms with Crippen molar-refractivity contribution in [3.05, 3.63) is 35.3 Å². The van der Waals surface area contributed by atoms with Crippen molar-refractivity contribution in [1.29, 1.82) is 0 Å². The molecule has 1 aromatic heterocycles. The number of aryl methyl sites for hydroxylation is 1. The van der Waals surface area contributed by atoms with E-state index in [1.54, 1.807) is 6.92 Å². The second kappa shape index (κ2) is 5.56. The van der Waals surface area contributed by atoms with Crippen LogP contribution in [0, 0.1) is 18.7 Å². The van der Waals surface area contributed by atoms with Crippen LogP contribution in [0.15, 0.2) is 22.6 Å². The molecule has 1 atom stereocenters. The van der Waals surface area contributed by atoms with E-state index < -0.39 is 36.6 Å². The topological polar surface area (TPSA) is 53.7 Å². The molecule has 1 saturated heterocycles. The minimum Gasteiger partial charge on any atom is -0.481 e. The third-order valence-corrected chi connectivity index (χ3v) is 4.19. The van der Waals surface area contributed by atoms with Gasteiger partial charge in [-0.1, -0.05) is 0 Å². The molecular weight excluding hydrogens is 311 g/mol. The lowest BCUT2D eigenvalue weighted by atomic mass is 9.95.